The Morgan fingerprint density at radius 2 is 1.88 bits per heavy atom. The molecular weight excluding hydrogens is 352 g/mol. The lowest BCUT2D eigenvalue weighted by Gasteiger charge is -2.33. The maximum Gasteiger partial charge on any atom is 0.276 e. The number of morpholine rings is 1. The summed E-state index contributed by atoms with van der Waals surface area (Å²) in [7, 11) is 0. The Labute approximate surface area is 155 Å². The second-order valence-corrected chi connectivity index (χ2v) is 6.43. The van der Waals surface area contributed by atoms with Crippen molar-refractivity contribution in [2.75, 3.05) is 19.7 Å². The van der Waals surface area contributed by atoms with E-state index in [9.17, 15) is 4.79 Å². The lowest BCUT2D eigenvalue weighted by Crippen LogP contribution is -2.42. The van der Waals surface area contributed by atoms with Crippen molar-refractivity contribution >= 4 is 17.5 Å². The van der Waals surface area contributed by atoms with Gasteiger partial charge in [0.25, 0.3) is 5.91 Å². The predicted octanol–water partition coefficient (Wildman–Crippen LogP) is 3.34. The molecule has 1 saturated heterocycles. The molecule has 6 nitrogen and oxygen atoms in total. The molecule has 1 unspecified atom stereocenters. The van der Waals surface area contributed by atoms with Crippen molar-refractivity contribution in [2.45, 2.75) is 6.10 Å². The Hall–Kier alpha value is -2.70. The van der Waals surface area contributed by atoms with Crippen LogP contribution in [0.15, 0.2) is 54.6 Å². The average Bonchev–Trinajstić information content (AvgIpc) is 3.18. The number of carbonyl (C=O) groups is 1. The third kappa shape index (κ3) is 3.21. The van der Waals surface area contributed by atoms with Crippen LogP contribution in [0.1, 0.15) is 22.2 Å². The largest absolute Gasteiger partial charge is 0.370 e. The van der Waals surface area contributed by atoms with Gasteiger partial charge in [0.05, 0.1) is 13.2 Å². The molecule has 0 bridgehead atoms. The molecule has 4 rings (SSSR count). The van der Waals surface area contributed by atoms with Gasteiger partial charge in [-0.2, -0.15) is 15.4 Å². The van der Waals surface area contributed by atoms with Gasteiger partial charge in [0, 0.05) is 22.7 Å². The quantitative estimate of drug-likeness (QED) is 0.769. The van der Waals surface area contributed by atoms with Gasteiger partial charge in [-0.1, -0.05) is 60.1 Å². The van der Waals surface area contributed by atoms with Crippen LogP contribution >= 0.6 is 11.6 Å². The van der Waals surface area contributed by atoms with E-state index in [2.05, 4.69) is 15.4 Å². The molecule has 0 saturated carbocycles. The first-order valence-corrected chi connectivity index (χ1v) is 8.73. The van der Waals surface area contributed by atoms with Crippen LogP contribution in [0.2, 0.25) is 5.02 Å². The molecule has 26 heavy (non-hydrogen) atoms. The summed E-state index contributed by atoms with van der Waals surface area (Å²) in [5.74, 6) is -0.169. The number of aromatic nitrogens is 3. The molecule has 1 N–H and O–H groups in total. The summed E-state index contributed by atoms with van der Waals surface area (Å²) in [6.45, 7) is 1.37. The van der Waals surface area contributed by atoms with E-state index in [-0.39, 0.29) is 12.0 Å². The first-order valence-electron chi connectivity index (χ1n) is 8.35. The van der Waals surface area contributed by atoms with E-state index in [1.54, 1.807) is 4.90 Å². The van der Waals surface area contributed by atoms with Crippen molar-refractivity contribution in [1.82, 2.24) is 20.3 Å². The zero-order valence-corrected chi connectivity index (χ0v) is 14.7. The van der Waals surface area contributed by atoms with Crippen molar-refractivity contribution in [3.05, 3.63) is 70.9 Å². The van der Waals surface area contributed by atoms with Crippen LogP contribution in [0.4, 0.5) is 0 Å². The van der Waals surface area contributed by atoms with Crippen LogP contribution in [-0.2, 0) is 4.74 Å². The SMILES string of the molecule is O=C(c1n[nH]nc1-c1ccccc1)N1CCOC(c2ccccc2Cl)C1. The Balaban J connectivity index is 1.58. The van der Waals surface area contributed by atoms with E-state index < -0.39 is 0 Å². The van der Waals surface area contributed by atoms with Crippen LogP contribution in [0.25, 0.3) is 11.3 Å². The van der Waals surface area contributed by atoms with Gasteiger partial charge in [-0.05, 0) is 6.07 Å². The van der Waals surface area contributed by atoms with Gasteiger partial charge in [0.1, 0.15) is 11.8 Å². The van der Waals surface area contributed by atoms with Crippen molar-refractivity contribution in [2.24, 2.45) is 0 Å². The molecule has 1 aliphatic rings. The molecule has 7 heteroatoms. The van der Waals surface area contributed by atoms with Gasteiger partial charge in [0.15, 0.2) is 5.69 Å². The molecule has 2 aromatic carbocycles. The van der Waals surface area contributed by atoms with E-state index >= 15 is 0 Å². The average molecular weight is 369 g/mol. The first-order chi connectivity index (χ1) is 12.7. The minimum absolute atomic E-state index is 0.169. The Kier molecular flexibility index (Phi) is 4.69. The molecule has 1 atom stereocenters. The zero-order chi connectivity index (χ0) is 17.9. The predicted molar refractivity (Wildman–Crippen MR) is 97.9 cm³/mol. The monoisotopic (exact) mass is 368 g/mol. The maximum atomic E-state index is 13.0. The topological polar surface area (TPSA) is 71.1 Å². The standard InChI is InChI=1S/C19H17ClN4O2/c20-15-9-5-4-8-14(15)16-12-24(10-11-26-16)19(25)18-17(21-23-22-18)13-6-2-1-3-7-13/h1-9,16H,10-12H2,(H,21,22,23). The van der Waals surface area contributed by atoms with Gasteiger partial charge in [-0.25, -0.2) is 0 Å². The van der Waals surface area contributed by atoms with Crippen molar-refractivity contribution in [3.8, 4) is 11.3 Å². The number of nitrogens with zero attached hydrogens (tertiary/aromatic N) is 3. The third-order valence-electron chi connectivity index (χ3n) is 4.40. The van der Waals surface area contributed by atoms with Crippen LogP contribution < -0.4 is 0 Å². The number of ether oxygens (including phenoxy) is 1. The molecular formula is C19H17ClN4O2. The van der Waals surface area contributed by atoms with Gasteiger partial charge < -0.3 is 9.64 Å². The second-order valence-electron chi connectivity index (χ2n) is 6.02. The summed E-state index contributed by atoms with van der Waals surface area (Å²) in [6.07, 6.45) is -0.256. The highest BCUT2D eigenvalue weighted by Gasteiger charge is 2.30. The molecule has 0 spiro atoms. The summed E-state index contributed by atoms with van der Waals surface area (Å²) in [5, 5.41) is 11.5. The van der Waals surface area contributed by atoms with Gasteiger partial charge in [0.2, 0.25) is 0 Å². The first kappa shape index (κ1) is 16.8. The maximum absolute atomic E-state index is 13.0. The molecule has 1 aliphatic heterocycles. The molecule has 132 valence electrons. The summed E-state index contributed by atoms with van der Waals surface area (Å²) in [4.78, 5) is 14.8. The number of benzene rings is 2. The highest BCUT2D eigenvalue weighted by Crippen LogP contribution is 2.29. The minimum Gasteiger partial charge on any atom is -0.370 e. The summed E-state index contributed by atoms with van der Waals surface area (Å²) in [5.41, 5.74) is 2.60. The highest BCUT2D eigenvalue weighted by molar-refractivity contribution is 6.31. The van der Waals surface area contributed by atoms with Crippen LogP contribution in [0, 0.1) is 0 Å². The van der Waals surface area contributed by atoms with Gasteiger partial charge in [-0.15, -0.1) is 0 Å². The number of rotatable bonds is 3. The normalized spacial score (nSPS) is 17.3. The molecule has 0 radical (unpaired) electrons. The molecule has 2 heterocycles. The van der Waals surface area contributed by atoms with Gasteiger partial charge >= 0.3 is 0 Å². The summed E-state index contributed by atoms with van der Waals surface area (Å²) < 4.78 is 5.84. The van der Waals surface area contributed by atoms with Crippen molar-refractivity contribution in [1.29, 1.82) is 0 Å². The van der Waals surface area contributed by atoms with E-state index in [0.29, 0.717) is 36.1 Å². The molecule has 0 aliphatic carbocycles. The number of halogens is 1. The van der Waals surface area contributed by atoms with Crippen molar-refractivity contribution < 1.29 is 9.53 Å². The van der Waals surface area contributed by atoms with E-state index in [1.807, 2.05) is 54.6 Å². The number of hydrogen-bond donors (Lipinski definition) is 1. The number of hydrogen-bond acceptors (Lipinski definition) is 4. The number of aromatic amines is 1. The van der Waals surface area contributed by atoms with E-state index in [0.717, 1.165) is 11.1 Å². The summed E-state index contributed by atoms with van der Waals surface area (Å²) >= 11 is 6.28. The molecule has 1 fully saturated rings. The van der Waals surface area contributed by atoms with Crippen molar-refractivity contribution in [3.63, 3.8) is 0 Å². The second kappa shape index (κ2) is 7.27. The fourth-order valence-electron chi connectivity index (χ4n) is 3.09. The third-order valence-corrected chi connectivity index (χ3v) is 4.75. The van der Waals surface area contributed by atoms with E-state index in [4.69, 9.17) is 16.3 Å². The molecule has 1 aromatic heterocycles. The fraction of sp³-hybridized carbons (Fsp3) is 0.211. The lowest BCUT2D eigenvalue weighted by atomic mass is 10.1. The van der Waals surface area contributed by atoms with Crippen LogP contribution in [0.3, 0.4) is 0 Å². The summed E-state index contributed by atoms with van der Waals surface area (Å²) in [6, 6.07) is 17.1. The number of carbonyl (C=O) groups excluding carboxylic acids is 1. The van der Waals surface area contributed by atoms with E-state index in [1.165, 1.54) is 0 Å². The lowest BCUT2D eigenvalue weighted by molar-refractivity contribution is -0.0229. The fourth-order valence-corrected chi connectivity index (χ4v) is 3.34. The Morgan fingerprint density at radius 3 is 2.69 bits per heavy atom. The smallest absolute Gasteiger partial charge is 0.276 e. The number of H-pyrrole nitrogens is 1. The minimum atomic E-state index is -0.256. The van der Waals surface area contributed by atoms with Crippen LogP contribution in [0.5, 0.6) is 0 Å². The molecule has 1 amide bonds. The number of nitrogens with one attached hydrogen (secondary N) is 1. The van der Waals surface area contributed by atoms with Gasteiger partial charge in [-0.3, -0.25) is 4.79 Å². The highest BCUT2D eigenvalue weighted by atomic mass is 35.5. The molecule has 3 aromatic rings. The van der Waals surface area contributed by atoms with Crippen LogP contribution in [-0.4, -0.2) is 45.9 Å². The Bertz CT molecular complexity index is 913. The zero-order valence-electron chi connectivity index (χ0n) is 13.9. The number of amides is 1. The Morgan fingerprint density at radius 1 is 1.12 bits per heavy atom.